The van der Waals surface area contributed by atoms with E-state index < -0.39 is 5.92 Å². The molecular formula is C12H20O5. The van der Waals surface area contributed by atoms with Crippen molar-refractivity contribution in [2.75, 3.05) is 14.2 Å². The number of Topliss-reactive ketones (excluding diaryl/α,β-unsaturated/α-hetero) is 1. The zero-order valence-electron chi connectivity index (χ0n) is 10.7. The quantitative estimate of drug-likeness (QED) is 0.478. The molecule has 0 aromatic carbocycles. The van der Waals surface area contributed by atoms with Crippen LogP contribution in [-0.2, 0) is 23.9 Å². The fourth-order valence-corrected chi connectivity index (χ4v) is 1.58. The highest BCUT2D eigenvalue weighted by Gasteiger charge is 2.20. The van der Waals surface area contributed by atoms with E-state index in [0.717, 1.165) is 0 Å². The highest BCUT2D eigenvalue weighted by Crippen LogP contribution is 2.16. The zero-order chi connectivity index (χ0) is 13.3. The van der Waals surface area contributed by atoms with Crippen molar-refractivity contribution in [3.63, 3.8) is 0 Å². The van der Waals surface area contributed by atoms with Crippen molar-refractivity contribution in [1.82, 2.24) is 0 Å². The van der Waals surface area contributed by atoms with Gasteiger partial charge in [0.1, 0.15) is 5.78 Å². The summed E-state index contributed by atoms with van der Waals surface area (Å²) in [6.45, 7) is 1.45. The lowest BCUT2D eigenvalue weighted by Gasteiger charge is -2.12. The van der Waals surface area contributed by atoms with Gasteiger partial charge in [0, 0.05) is 12.8 Å². The van der Waals surface area contributed by atoms with Crippen LogP contribution in [0.25, 0.3) is 0 Å². The molecule has 0 bridgehead atoms. The summed E-state index contributed by atoms with van der Waals surface area (Å²) in [5, 5.41) is 0. The number of methoxy groups -OCH3 is 2. The number of esters is 2. The van der Waals surface area contributed by atoms with Gasteiger partial charge in [-0.1, -0.05) is 6.42 Å². The topological polar surface area (TPSA) is 69.7 Å². The fourth-order valence-electron chi connectivity index (χ4n) is 1.58. The summed E-state index contributed by atoms with van der Waals surface area (Å²) in [7, 11) is 2.65. The van der Waals surface area contributed by atoms with Crippen LogP contribution in [0.1, 0.15) is 39.0 Å². The monoisotopic (exact) mass is 244 g/mol. The zero-order valence-corrected chi connectivity index (χ0v) is 10.7. The Morgan fingerprint density at radius 1 is 1.06 bits per heavy atom. The van der Waals surface area contributed by atoms with Gasteiger partial charge >= 0.3 is 11.9 Å². The van der Waals surface area contributed by atoms with E-state index in [1.54, 1.807) is 0 Å². The highest BCUT2D eigenvalue weighted by atomic mass is 16.5. The average Bonchev–Trinajstić information content (AvgIpc) is 2.31. The summed E-state index contributed by atoms with van der Waals surface area (Å²) in [5.41, 5.74) is 0. The summed E-state index contributed by atoms with van der Waals surface area (Å²) in [5.74, 6) is -1.05. The lowest BCUT2D eigenvalue weighted by atomic mass is 9.96. The average molecular weight is 244 g/mol. The number of unbranched alkanes of at least 4 members (excludes halogenated alkanes) is 1. The maximum absolute atomic E-state index is 11.4. The molecule has 0 fully saturated rings. The first-order valence-corrected chi connectivity index (χ1v) is 5.65. The number of hydrogen-bond donors (Lipinski definition) is 0. The molecule has 1 unspecified atom stereocenters. The molecule has 5 nitrogen and oxygen atoms in total. The lowest BCUT2D eigenvalue weighted by molar-refractivity contribution is -0.147. The molecule has 0 rings (SSSR count). The van der Waals surface area contributed by atoms with Crippen molar-refractivity contribution >= 4 is 17.7 Å². The van der Waals surface area contributed by atoms with Crippen molar-refractivity contribution in [3.8, 4) is 0 Å². The van der Waals surface area contributed by atoms with E-state index in [-0.39, 0.29) is 24.1 Å². The van der Waals surface area contributed by atoms with Gasteiger partial charge < -0.3 is 14.3 Å². The van der Waals surface area contributed by atoms with Crippen molar-refractivity contribution in [3.05, 3.63) is 0 Å². The lowest BCUT2D eigenvalue weighted by Crippen LogP contribution is -2.19. The molecule has 0 amide bonds. The van der Waals surface area contributed by atoms with Crippen molar-refractivity contribution in [2.45, 2.75) is 39.0 Å². The molecule has 0 aliphatic heterocycles. The van der Waals surface area contributed by atoms with Gasteiger partial charge in [0.25, 0.3) is 0 Å². The third kappa shape index (κ3) is 7.49. The molecule has 1 atom stereocenters. The van der Waals surface area contributed by atoms with Gasteiger partial charge in [0.2, 0.25) is 0 Å². The minimum Gasteiger partial charge on any atom is -0.469 e. The van der Waals surface area contributed by atoms with E-state index in [9.17, 15) is 14.4 Å². The highest BCUT2D eigenvalue weighted by molar-refractivity contribution is 5.82. The van der Waals surface area contributed by atoms with Crippen molar-refractivity contribution < 1.29 is 23.9 Å². The second-order valence-corrected chi connectivity index (χ2v) is 3.95. The number of carbonyl (C=O) groups excluding carboxylic acids is 3. The Morgan fingerprint density at radius 3 is 2.18 bits per heavy atom. The Labute approximate surface area is 101 Å². The molecule has 0 heterocycles. The van der Waals surface area contributed by atoms with E-state index in [0.29, 0.717) is 25.7 Å². The van der Waals surface area contributed by atoms with Gasteiger partial charge in [0.15, 0.2) is 0 Å². The normalized spacial score (nSPS) is 11.7. The SMILES string of the molecule is COC(=O)CCCCC(CC(C)=O)C(=O)OC. The van der Waals surface area contributed by atoms with Gasteiger partial charge in [-0.15, -0.1) is 0 Å². The third-order valence-corrected chi connectivity index (χ3v) is 2.48. The molecule has 0 radical (unpaired) electrons. The van der Waals surface area contributed by atoms with Crippen LogP contribution in [0.4, 0.5) is 0 Å². The Morgan fingerprint density at radius 2 is 1.71 bits per heavy atom. The predicted molar refractivity (Wildman–Crippen MR) is 61.3 cm³/mol. The van der Waals surface area contributed by atoms with Crippen LogP contribution in [-0.4, -0.2) is 31.9 Å². The first kappa shape index (κ1) is 15.6. The summed E-state index contributed by atoms with van der Waals surface area (Å²) < 4.78 is 9.14. The molecule has 5 heteroatoms. The molecule has 0 aromatic heterocycles. The second-order valence-electron chi connectivity index (χ2n) is 3.95. The van der Waals surface area contributed by atoms with E-state index in [2.05, 4.69) is 9.47 Å². The summed E-state index contributed by atoms with van der Waals surface area (Å²) in [4.78, 5) is 33.2. The second kappa shape index (κ2) is 8.73. The number of hydrogen-bond acceptors (Lipinski definition) is 5. The summed E-state index contributed by atoms with van der Waals surface area (Å²) in [6.07, 6.45) is 2.44. The van der Waals surface area contributed by atoms with Crippen LogP contribution < -0.4 is 0 Å². The maximum atomic E-state index is 11.4. The van der Waals surface area contributed by atoms with Crippen LogP contribution in [0.3, 0.4) is 0 Å². The number of carbonyl (C=O) groups is 3. The van der Waals surface area contributed by atoms with Gasteiger partial charge in [-0.25, -0.2) is 0 Å². The standard InChI is InChI=1S/C12H20O5/c1-9(13)8-10(12(15)17-3)6-4-5-7-11(14)16-2/h10H,4-8H2,1-3H3. The first-order valence-electron chi connectivity index (χ1n) is 5.65. The Kier molecular flexibility index (Phi) is 8.01. The molecule has 0 aliphatic carbocycles. The molecule has 0 aromatic rings. The van der Waals surface area contributed by atoms with Gasteiger partial charge in [-0.3, -0.25) is 9.59 Å². The number of ether oxygens (including phenoxy) is 2. The third-order valence-electron chi connectivity index (χ3n) is 2.48. The molecule has 0 spiro atoms. The van der Waals surface area contributed by atoms with E-state index >= 15 is 0 Å². The summed E-state index contributed by atoms with van der Waals surface area (Å²) >= 11 is 0. The van der Waals surface area contributed by atoms with Crippen LogP contribution in [0.2, 0.25) is 0 Å². The van der Waals surface area contributed by atoms with Crippen LogP contribution in [0, 0.1) is 5.92 Å². The largest absolute Gasteiger partial charge is 0.469 e. The van der Waals surface area contributed by atoms with Crippen molar-refractivity contribution in [2.24, 2.45) is 5.92 Å². The van der Waals surface area contributed by atoms with Gasteiger partial charge in [-0.05, 0) is 19.8 Å². The van der Waals surface area contributed by atoms with Gasteiger partial charge in [-0.2, -0.15) is 0 Å². The Bertz CT molecular complexity index is 272. The van der Waals surface area contributed by atoms with Gasteiger partial charge in [0.05, 0.1) is 20.1 Å². The first-order chi connectivity index (χ1) is 8.01. The maximum Gasteiger partial charge on any atom is 0.309 e. The fraction of sp³-hybridized carbons (Fsp3) is 0.750. The molecule has 0 aliphatic rings. The van der Waals surface area contributed by atoms with Crippen LogP contribution >= 0.6 is 0 Å². The molecule has 0 N–H and O–H groups in total. The van der Waals surface area contributed by atoms with E-state index in [1.807, 2.05) is 0 Å². The molecule has 98 valence electrons. The number of ketones is 1. The molecular weight excluding hydrogens is 224 g/mol. The van der Waals surface area contributed by atoms with Crippen molar-refractivity contribution in [1.29, 1.82) is 0 Å². The predicted octanol–water partition coefficient (Wildman–Crippen LogP) is 1.49. The Hall–Kier alpha value is -1.39. The minimum atomic E-state index is -0.393. The molecule has 0 saturated heterocycles. The van der Waals surface area contributed by atoms with E-state index in [1.165, 1.54) is 21.1 Å². The smallest absolute Gasteiger partial charge is 0.309 e. The number of rotatable bonds is 8. The molecule has 17 heavy (non-hydrogen) atoms. The van der Waals surface area contributed by atoms with Crippen LogP contribution in [0.5, 0.6) is 0 Å². The minimum absolute atomic E-state index is 0.0339. The van der Waals surface area contributed by atoms with E-state index in [4.69, 9.17) is 0 Å². The van der Waals surface area contributed by atoms with Crippen LogP contribution in [0.15, 0.2) is 0 Å². The molecule has 0 saturated carbocycles. The summed E-state index contributed by atoms with van der Waals surface area (Å²) in [6, 6.07) is 0. The Balaban J connectivity index is 3.95.